The van der Waals surface area contributed by atoms with Crippen LogP contribution in [0, 0.1) is 0 Å². The summed E-state index contributed by atoms with van der Waals surface area (Å²) >= 11 is 5.23. The second-order valence-electron chi connectivity index (χ2n) is 3.74. The van der Waals surface area contributed by atoms with E-state index in [1.807, 2.05) is 6.07 Å². The molecular weight excluding hydrogens is 312 g/mol. The van der Waals surface area contributed by atoms with Gasteiger partial charge in [0, 0.05) is 22.1 Å². The molecule has 0 aliphatic heterocycles. The van der Waals surface area contributed by atoms with Crippen LogP contribution in [0.2, 0.25) is 0 Å². The van der Waals surface area contributed by atoms with Crippen molar-refractivity contribution < 1.29 is 0 Å². The van der Waals surface area contributed by atoms with Gasteiger partial charge in [-0.2, -0.15) is 4.98 Å². The number of hydrogen-bond donors (Lipinski definition) is 2. The molecule has 0 bridgehead atoms. The van der Waals surface area contributed by atoms with Gasteiger partial charge < -0.3 is 10.6 Å². The summed E-state index contributed by atoms with van der Waals surface area (Å²) in [6, 6.07) is 3.93. The Balaban J connectivity index is 1.95. The fraction of sp³-hybridized carbons (Fsp3) is 0.333. The van der Waals surface area contributed by atoms with Crippen LogP contribution in [0.5, 0.6) is 0 Å². The van der Waals surface area contributed by atoms with E-state index in [4.69, 9.17) is 0 Å². The minimum absolute atomic E-state index is 0.673. The minimum atomic E-state index is 0.673. The van der Waals surface area contributed by atoms with E-state index in [1.165, 1.54) is 4.88 Å². The molecule has 2 rings (SSSR count). The largest absolute Gasteiger partial charge is 0.365 e. The molecule has 4 nitrogen and oxygen atoms in total. The lowest BCUT2D eigenvalue weighted by Gasteiger charge is -2.07. The van der Waals surface area contributed by atoms with Crippen molar-refractivity contribution in [3.05, 3.63) is 33.1 Å². The highest BCUT2D eigenvalue weighted by Crippen LogP contribution is 2.23. The highest BCUT2D eigenvalue weighted by atomic mass is 79.9. The maximum Gasteiger partial charge on any atom is 0.224 e. The lowest BCUT2D eigenvalue weighted by molar-refractivity contribution is 0.950. The molecule has 18 heavy (non-hydrogen) atoms. The Labute approximate surface area is 119 Å². The normalized spacial score (nSPS) is 10.3. The fourth-order valence-corrected chi connectivity index (χ4v) is 2.83. The Morgan fingerprint density at radius 1 is 1.33 bits per heavy atom. The van der Waals surface area contributed by atoms with Crippen LogP contribution in [0.25, 0.3) is 0 Å². The zero-order chi connectivity index (χ0) is 12.8. The third-order valence-electron chi connectivity index (χ3n) is 2.31. The average molecular weight is 327 g/mol. The van der Waals surface area contributed by atoms with Crippen molar-refractivity contribution in [2.24, 2.45) is 0 Å². The smallest absolute Gasteiger partial charge is 0.224 e. The van der Waals surface area contributed by atoms with Crippen molar-refractivity contribution in [2.45, 2.75) is 19.9 Å². The van der Waals surface area contributed by atoms with Gasteiger partial charge in [-0.25, -0.2) is 4.98 Å². The number of aromatic nitrogens is 2. The second-order valence-corrected chi connectivity index (χ2v) is 5.59. The Hall–Kier alpha value is -1.14. The van der Waals surface area contributed by atoms with E-state index in [1.54, 1.807) is 17.5 Å². The first-order valence-electron chi connectivity index (χ1n) is 5.82. The monoisotopic (exact) mass is 326 g/mol. The van der Waals surface area contributed by atoms with Gasteiger partial charge in [-0.3, -0.25) is 0 Å². The number of halogens is 1. The van der Waals surface area contributed by atoms with Crippen molar-refractivity contribution in [3.8, 4) is 0 Å². The van der Waals surface area contributed by atoms with Crippen LogP contribution in [0.3, 0.4) is 0 Å². The molecule has 0 atom stereocenters. The number of rotatable bonds is 6. The van der Waals surface area contributed by atoms with Crippen LogP contribution in [-0.4, -0.2) is 16.5 Å². The topological polar surface area (TPSA) is 49.8 Å². The molecule has 0 unspecified atom stereocenters. The van der Waals surface area contributed by atoms with Crippen LogP contribution in [0.1, 0.15) is 18.2 Å². The number of hydrogen-bond acceptors (Lipinski definition) is 5. The number of nitrogens with one attached hydrogen (secondary N) is 2. The molecule has 0 saturated heterocycles. The van der Waals surface area contributed by atoms with E-state index in [0.717, 1.165) is 29.8 Å². The molecule has 2 N–H and O–H groups in total. The summed E-state index contributed by atoms with van der Waals surface area (Å²) in [6.45, 7) is 3.77. The standard InChI is InChI=1S/C12H15BrN4S/c1-2-5-14-12-15-6-3-11(17-12)16-8-10-9(13)4-7-18-10/h3-4,6-7H,2,5,8H2,1H3,(H2,14,15,16,17). The molecule has 0 radical (unpaired) electrons. The molecule has 2 heterocycles. The lowest BCUT2D eigenvalue weighted by atomic mass is 10.4. The van der Waals surface area contributed by atoms with Crippen molar-refractivity contribution in [1.29, 1.82) is 0 Å². The molecule has 0 amide bonds. The Kier molecular flexibility index (Phi) is 4.95. The highest BCUT2D eigenvalue weighted by molar-refractivity contribution is 9.10. The third-order valence-corrected chi connectivity index (χ3v) is 4.24. The van der Waals surface area contributed by atoms with Crippen LogP contribution < -0.4 is 10.6 Å². The first-order valence-corrected chi connectivity index (χ1v) is 7.49. The van der Waals surface area contributed by atoms with Crippen LogP contribution >= 0.6 is 27.3 Å². The van der Waals surface area contributed by atoms with Gasteiger partial charge in [0.1, 0.15) is 5.82 Å². The van der Waals surface area contributed by atoms with Crippen LogP contribution in [0.4, 0.5) is 11.8 Å². The van der Waals surface area contributed by atoms with Crippen molar-refractivity contribution in [1.82, 2.24) is 9.97 Å². The summed E-state index contributed by atoms with van der Waals surface area (Å²) in [6.07, 6.45) is 2.82. The SMILES string of the molecule is CCCNc1nccc(NCc2sccc2Br)n1. The molecule has 0 aromatic carbocycles. The van der Waals surface area contributed by atoms with Gasteiger partial charge in [0.05, 0.1) is 6.54 Å². The number of anilines is 2. The molecule has 2 aromatic rings. The minimum Gasteiger partial charge on any atom is -0.365 e. The lowest BCUT2D eigenvalue weighted by Crippen LogP contribution is -2.06. The molecule has 0 aliphatic rings. The highest BCUT2D eigenvalue weighted by Gasteiger charge is 2.02. The van der Waals surface area contributed by atoms with Gasteiger partial charge in [0.15, 0.2) is 0 Å². The molecule has 0 fully saturated rings. The van der Waals surface area contributed by atoms with E-state index >= 15 is 0 Å². The Bertz CT molecular complexity index is 500. The summed E-state index contributed by atoms with van der Waals surface area (Å²) in [4.78, 5) is 9.83. The maximum absolute atomic E-state index is 4.40. The molecule has 0 aliphatic carbocycles. The fourth-order valence-electron chi connectivity index (χ4n) is 1.40. The first kappa shape index (κ1) is 13.3. The molecule has 0 saturated carbocycles. The first-order chi connectivity index (χ1) is 8.79. The van der Waals surface area contributed by atoms with Crippen molar-refractivity contribution in [3.63, 3.8) is 0 Å². The number of nitrogens with zero attached hydrogens (tertiary/aromatic N) is 2. The van der Waals surface area contributed by atoms with Crippen LogP contribution in [-0.2, 0) is 6.54 Å². The van der Waals surface area contributed by atoms with Crippen molar-refractivity contribution >= 4 is 39.0 Å². The predicted molar refractivity (Wildman–Crippen MR) is 80.2 cm³/mol. The summed E-state index contributed by atoms with van der Waals surface area (Å²) in [7, 11) is 0. The predicted octanol–water partition coefficient (Wildman–Crippen LogP) is 3.73. The van der Waals surface area contributed by atoms with Gasteiger partial charge in [0.2, 0.25) is 5.95 Å². The maximum atomic E-state index is 4.40. The zero-order valence-electron chi connectivity index (χ0n) is 10.1. The third kappa shape index (κ3) is 3.68. The van der Waals surface area contributed by atoms with Gasteiger partial charge in [-0.05, 0) is 39.9 Å². The summed E-state index contributed by atoms with van der Waals surface area (Å²) in [5.74, 6) is 1.51. The number of thiophene rings is 1. The molecule has 0 spiro atoms. The summed E-state index contributed by atoms with van der Waals surface area (Å²) < 4.78 is 1.14. The molecule has 6 heteroatoms. The zero-order valence-corrected chi connectivity index (χ0v) is 12.5. The van der Waals surface area contributed by atoms with Gasteiger partial charge in [0.25, 0.3) is 0 Å². The van der Waals surface area contributed by atoms with E-state index in [0.29, 0.717) is 5.95 Å². The quantitative estimate of drug-likeness (QED) is 0.849. The average Bonchev–Trinajstić information content (AvgIpc) is 2.80. The van der Waals surface area contributed by atoms with Crippen molar-refractivity contribution in [2.75, 3.05) is 17.2 Å². The van der Waals surface area contributed by atoms with E-state index in [9.17, 15) is 0 Å². The molecule has 96 valence electrons. The van der Waals surface area contributed by atoms with Gasteiger partial charge in [-0.15, -0.1) is 11.3 Å². The van der Waals surface area contributed by atoms with E-state index in [-0.39, 0.29) is 0 Å². The summed E-state index contributed by atoms with van der Waals surface area (Å²) in [5, 5.41) is 8.53. The van der Waals surface area contributed by atoms with Gasteiger partial charge >= 0.3 is 0 Å². The summed E-state index contributed by atoms with van der Waals surface area (Å²) in [5.41, 5.74) is 0. The van der Waals surface area contributed by atoms with E-state index < -0.39 is 0 Å². The van der Waals surface area contributed by atoms with Crippen LogP contribution in [0.15, 0.2) is 28.2 Å². The van der Waals surface area contributed by atoms with Gasteiger partial charge in [-0.1, -0.05) is 6.92 Å². The molecular formula is C12H15BrN4S. The second kappa shape index (κ2) is 6.70. The Morgan fingerprint density at radius 2 is 2.22 bits per heavy atom. The van der Waals surface area contributed by atoms with E-state index in [2.05, 4.69) is 54.9 Å². The molecule has 2 aromatic heterocycles. The Morgan fingerprint density at radius 3 is 2.94 bits per heavy atom.